The van der Waals surface area contributed by atoms with Gasteiger partial charge >= 0.3 is 0 Å². The Morgan fingerprint density at radius 1 is 1.00 bits per heavy atom. The van der Waals surface area contributed by atoms with Gasteiger partial charge in [-0.05, 0) is 25.7 Å². The Labute approximate surface area is 142 Å². The summed E-state index contributed by atoms with van der Waals surface area (Å²) >= 11 is 0. The molecule has 1 heterocycles. The van der Waals surface area contributed by atoms with E-state index in [9.17, 15) is 19.2 Å². The van der Waals surface area contributed by atoms with Gasteiger partial charge in [-0.1, -0.05) is 20.3 Å². The number of carbonyl (C=O) groups excluding carboxylic acids is 4. The van der Waals surface area contributed by atoms with Gasteiger partial charge < -0.3 is 10.6 Å². The third-order valence-corrected chi connectivity index (χ3v) is 4.02. The van der Waals surface area contributed by atoms with Crippen LogP contribution in [0, 0.1) is 5.92 Å². The minimum Gasteiger partial charge on any atom is -0.352 e. The number of carbonyl (C=O) groups is 4. The van der Waals surface area contributed by atoms with Crippen LogP contribution in [-0.2, 0) is 19.2 Å². The average Bonchev–Trinajstić information content (AvgIpc) is 2.84. The minimum absolute atomic E-state index is 0.0155. The van der Waals surface area contributed by atoms with Crippen LogP contribution < -0.4 is 10.6 Å². The second-order valence-electron chi connectivity index (χ2n) is 6.35. The molecule has 1 atom stereocenters. The molecule has 7 heteroatoms. The van der Waals surface area contributed by atoms with Crippen molar-refractivity contribution in [3.8, 4) is 0 Å². The molecule has 0 spiro atoms. The first kappa shape index (κ1) is 19.9. The van der Waals surface area contributed by atoms with E-state index < -0.39 is 0 Å². The molecular formula is C17H27N3O4. The van der Waals surface area contributed by atoms with Crippen molar-refractivity contribution in [1.29, 1.82) is 0 Å². The maximum Gasteiger partial charge on any atom is 0.253 e. The Bertz CT molecular complexity index is 496. The van der Waals surface area contributed by atoms with Crippen LogP contribution in [0.1, 0.15) is 46.5 Å². The van der Waals surface area contributed by atoms with Crippen molar-refractivity contribution in [3.63, 3.8) is 0 Å². The van der Waals surface area contributed by atoms with Crippen LogP contribution in [0.25, 0.3) is 0 Å². The van der Waals surface area contributed by atoms with E-state index in [2.05, 4.69) is 10.6 Å². The summed E-state index contributed by atoms with van der Waals surface area (Å²) < 4.78 is 0. The lowest BCUT2D eigenvalue weighted by Gasteiger charge is -2.17. The fourth-order valence-electron chi connectivity index (χ4n) is 2.12. The summed E-state index contributed by atoms with van der Waals surface area (Å²) in [6, 6.07) is 0.0694. The van der Waals surface area contributed by atoms with Crippen molar-refractivity contribution in [2.75, 3.05) is 13.1 Å². The Kier molecular flexibility index (Phi) is 8.15. The summed E-state index contributed by atoms with van der Waals surface area (Å²) in [4.78, 5) is 47.2. The van der Waals surface area contributed by atoms with Crippen LogP contribution >= 0.6 is 0 Å². The smallest absolute Gasteiger partial charge is 0.253 e. The molecule has 7 nitrogen and oxygen atoms in total. The lowest BCUT2D eigenvalue weighted by Crippen LogP contribution is -2.42. The molecule has 0 aromatic heterocycles. The summed E-state index contributed by atoms with van der Waals surface area (Å²) in [5.41, 5.74) is 0. The molecule has 1 aliphatic heterocycles. The molecule has 1 unspecified atom stereocenters. The summed E-state index contributed by atoms with van der Waals surface area (Å²) in [7, 11) is 0. The lowest BCUT2D eigenvalue weighted by molar-refractivity contribution is -0.137. The molecule has 0 radical (unpaired) electrons. The van der Waals surface area contributed by atoms with E-state index in [4.69, 9.17) is 0 Å². The zero-order valence-corrected chi connectivity index (χ0v) is 14.6. The van der Waals surface area contributed by atoms with E-state index in [1.807, 2.05) is 20.8 Å². The Morgan fingerprint density at radius 3 is 2.21 bits per heavy atom. The molecule has 0 aliphatic carbocycles. The summed E-state index contributed by atoms with van der Waals surface area (Å²) in [5, 5.41) is 5.41. The van der Waals surface area contributed by atoms with Crippen LogP contribution in [0.2, 0.25) is 0 Å². The van der Waals surface area contributed by atoms with Crippen molar-refractivity contribution in [2.24, 2.45) is 5.92 Å². The number of hydrogen-bond acceptors (Lipinski definition) is 4. The highest BCUT2D eigenvalue weighted by atomic mass is 16.2. The van der Waals surface area contributed by atoms with Crippen molar-refractivity contribution in [3.05, 3.63) is 12.2 Å². The van der Waals surface area contributed by atoms with E-state index >= 15 is 0 Å². The van der Waals surface area contributed by atoms with Gasteiger partial charge in [-0.15, -0.1) is 0 Å². The highest BCUT2D eigenvalue weighted by Gasteiger charge is 2.22. The van der Waals surface area contributed by atoms with E-state index in [0.29, 0.717) is 31.7 Å². The van der Waals surface area contributed by atoms with Gasteiger partial charge in [0.05, 0.1) is 6.54 Å². The van der Waals surface area contributed by atoms with Crippen LogP contribution in [-0.4, -0.2) is 47.7 Å². The van der Waals surface area contributed by atoms with Crippen LogP contribution in [0.4, 0.5) is 0 Å². The molecule has 4 amide bonds. The maximum atomic E-state index is 11.7. The van der Waals surface area contributed by atoms with E-state index in [0.717, 1.165) is 6.42 Å². The highest BCUT2D eigenvalue weighted by Crippen LogP contribution is 2.07. The molecule has 1 aliphatic rings. The third-order valence-electron chi connectivity index (χ3n) is 4.02. The van der Waals surface area contributed by atoms with Gasteiger partial charge in [0.15, 0.2) is 0 Å². The van der Waals surface area contributed by atoms with Gasteiger partial charge in [0.25, 0.3) is 11.8 Å². The first-order chi connectivity index (χ1) is 11.3. The molecule has 0 saturated heterocycles. The summed E-state index contributed by atoms with van der Waals surface area (Å²) in [5.74, 6) is -0.576. The van der Waals surface area contributed by atoms with Gasteiger partial charge in [0.1, 0.15) is 0 Å². The van der Waals surface area contributed by atoms with Gasteiger partial charge in [-0.25, -0.2) is 0 Å². The first-order valence-corrected chi connectivity index (χ1v) is 8.41. The molecule has 0 saturated carbocycles. The topological polar surface area (TPSA) is 95.6 Å². The quantitative estimate of drug-likeness (QED) is 0.454. The molecule has 0 aromatic rings. The Hall–Kier alpha value is -2.18. The first-order valence-electron chi connectivity index (χ1n) is 8.41. The highest BCUT2D eigenvalue weighted by molar-refractivity contribution is 6.12. The van der Waals surface area contributed by atoms with Crippen molar-refractivity contribution in [1.82, 2.24) is 15.5 Å². The molecule has 0 bridgehead atoms. The second-order valence-corrected chi connectivity index (χ2v) is 6.35. The Balaban J connectivity index is 2.07. The molecular weight excluding hydrogens is 310 g/mol. The van der Waals surface area contributed by atoms with E-state index in [-0.39, 0.29) is 36.2 Å². The zero-order valence-electron chi connectivity index (χ0n) is 14.6. The van der Waals surface area contributed by atoms with Crippen molar-refractivity contribution >= 4 is 23.6 Å². The number of amides is 4. The number of nitrogens with one attached hydrogen (secondary N) is 2. The standard InChI is InChI=1S/C17H27N3O4/c1-12(2)13(3)19-15(22)11-18-14(21)7-5-4-6-10-20-16(23)8-9-17(20)24/h8-9,12-13H,4-7,10-11H2,1-3H3,(H,18,21)(H,19,22). The van der Waals surface area contributed by atoms with Crippen LogP contribution in [0.15, 0.2) is 12.2 Å². The molecule has 0 aromatic carbocycles. The number of unbranched alkanes of at least 4 members (excludes halogenated alkanes) is 2. The predicted molar refractivity (Wildman–Crippen MR) is 89.8 cm³/mol. The largest absolute Gasteiger partial charge is 0.352 e. The minimum atomic E-state index is -0.278. The van der Waals surface area contributed by atoms with Gasteiger partial charge in [0, 0.05) is 31.2 Å². The number of nitrogens with zero attached hydrogens (tertiary/aromatic N) is 1. The number of rotatable bonds is 10. The van der Waals surface area contributed by atoms with E-state index in [1.54, 1.807) is 0 Å². The number of hydrogen-bond donors (Lipinski definition) is 2. The average molecular weight is 337 g/mol. The van der Waals surface area contributed by atoms with Gasteiger partial charge in [-0.3, -0.25) is 24.1 Å². The lowest BCUT2D eigenvalue weighted by atomic mass is 10.1. The number of imide groups is 1. The summed E-state index contributed by atoms with van der Waals surface area (Å²) in [6.45, 7) is 6.32. The zero-order chi connectivity index (χ0) is 18.1. The third kappa shape index (κ3) is 6.93. The van der Waals surface area contributed by atoms with Gasteiger partial charge in [0.2, 0.25) is 11.8 Å². The second kappa shape index (κ2) is 9.85. The normalized spacial score (nSPS) is 15.1. The van der Waals surface area contributed by atoms with Crippen molar-refractivity contribution < 1.29 is 19.2 Å². The molecule has 1 rings (SSSR count). The predicted octanol–water partition coefficient (Wildman–Crippen LogP) is 0.749. The Morgan fingerprint density at radius 2 is 1.62 bits per heavy atom. The van der Waals surface area contributed by atoms with Crippen LogP contribution in [0.3, 0.4) is 0 Å². The molecule has 2 N–H and O–H groups in total. The maximum absolute atomic E-state index is 11.7. The molecule has 134 valence electrons. The summed E-state index contributed by atoms with van der Waals surface area (Å²) in [6.07, 6.45) is 4.91. The fraction of sp³-hybridized carbons (Fsp3) is 0.647. The van der Waals surface area contributed by atoms with Crippen LogP contribution in [0.5, 0.6) is 0 Å². The van der Waals surface area contributed by atoms with Crippen molar-refractivity contribution in [2.45, 2.75) is 52.5 Å². The SMILES string of the molecule is CC(C)C(C)NC(=O)CNC(=O)CCCCCN1C(=O)C=CC1=O. The van der Waals surface area contributed by atoms with E-state index in [1.165, 1.54) is 17.1 Å². The molecule has 24 heavy (non-hydrogen) atoms. The monoisotopic (exact) mass is 337 g/mol. The molecule has 0 fully saturated rings. The van der Waals surface area contributed by atoms with Gasteiger partial charge in [-0.2, -0.15) is 0 Å². The fourth-order valence-corrected chi connectivity index (χ4v) is 2.12.